The molecule has 0 aliphatic heterocycles. The quantitative estimate of drug-likeness (QED) is 0.793. The zero-order valence-electron chi connectivity index (χ0n) is 13.8. The minimum atomic E-state index is 0.0425. The Hall–Kier alpha value is -1.59. The lowest BCUT2D eigenvalue weighted by atomic mass is 10.2. The van der Waals surface area contributed by atoms with Gasteiger partial charge >= 0.3 is 0 Å². The van der Waals surface area contributed by atoms with E-state index in [1.165, 1.54) is 0 Å². The number of carbonyl (C=O) groups excluding carboxylic acids is 1. The summed E-state index contributed by atoms with van der Waals surface area (Å²) in [5.74, 6) is 2.19. The fourth-order valence-electron chi connectivity index (χ4n) is 2.17. The van der Waals surface area contributed by atoms with Crippen LogP contribution >= 0.6 is 15.9 Å². The maximum absolute atomic E-state index is 11.8. The van der Waals surface area contributed by atoms with E-state index in [1.54, 1.807) is 0 Å². The van der Waals surface area contributed by atoms with Crippen molar-refractivity contribution in [2.45, 2.75) is 20.4 Å². The van der Waals surface area contributed by atoms with Crippen LogP contribution in [0.5, 0.6) is 0 Å². The second-order valence-corrected chi connectivity index (χ2v) is 7.06. The van der Waals surface area contributed by atoms with Crippen molar-refractivity contribution in [3.63, 3.8) is 0 Å². The van der Waals surface area contributed by atoms with Gasteiger partial charge in [0.05, 0.1) is 13.1 Å². The number of carbonyl (C=O) groups is 1. The van der Waals surface area contributed by atoms with Crippen LogP contribution in [0.15, 0.2) is 45.3 Å². The maximum Gasteiger partial charge on any atom is 0.234 e. The molecule has 0 atom stereocenters. The Morgan fingerprint density at radius 1 is 1.22 bits per heavy atom. The van der Waals surface area contributed by atoms with Crippen LogP contribution in [0.2, 0.25) is 0 Å². The fraction of sp³-hybridized carbons (Fsp3) is 0.389. The number of nitrogens with one attached hydrogen (secondary N) is 1. The molecule has 124 valence electrons. The second kappa shape index (κ2) is 8.31. The van der Waals surface area contributed by atoms with Gasteiger partial charge < -0.3 is 9.73 Å². The van der Waals surface area contributed by atoms with E-state index < -0.39 is 0 Å². The first-order valence-corrected chi connectivity index (χ1v) is 8.53. The van der Waals surface area contributed by atoms with Crippen molar-refractivity contribution >= 4 is 21.8 Å². The van der Waals surface area contributed by atoms with Gasteiger partial charge in [0.15, 0.2) is 0 Å². The summed E-state index contributed by atoms with van der Waals surface area (Å²) in [5, 5.41) is 2.92. The molecule has 1 N–H and O–H groups in total. The predicted octanol–water partition coefficient (Wildman–Crippen LogP) is 3.91. The lowest BCUT2D eigenvalue weighted by Gasteiger charge is -2.15. The molecule has 0 unspecified atom stereocenters. The van der Waals surface area contributed by atoms with Crippen molar-refractivity contribution in [2.75, 3.05) is 20.1 Å². The van der Waals surface area contributed by atoms with Crippen LogP contribution in [0.4, 0.5) is 0 Å². The number of likely N-dealkylation sites (N-methyl/N-ethyl adjacent to an activating group) is 1. The molecule has 2 rings (SSSR count). The molecule has 0 saturated carbocycles. The smallest absolute Gasteiger partial charge is 0.234 e. The van der Waals surface area contributed by atoms with Gasteiger partial charge in [-0.1, -0.05) is 41.9 Å². The van der Waals surface area contributed by atoms with Crippen molar-refractivity contribution in [1.82, 2.24) is 10.2 Å². The first-order valence-electron chi connectivity index (χ1n) is 7.74. The third-order valence-electron chi connectivity index (χ3n) is 3.34. The fourth-order valence-corrected chi connectivity index (χ4v) is 2.44. The molecule has 2 aromatic rings. The molecule has 1 heterocycles. The Morgan fingerprint density at radius 3 is 2.57 bits per heavy atom. The zero-order chi connectivity index (χ0) is 16.8. The normalized spacial score (nSPS) is 11.2. The molecule has 5 heteroatoms. The van der Waals surface area contributed by atoms with Crippen LogP contribution in [-0.2, 0) is 11.3 Å². The highest BCUT2D eigenvalue weighted by Crippen LogP contribution is 2.24. The molecular weight excluding hydrogens is 356 g/mol. The maximum atomic E-state index is 11.8. The number of hydrogen-bond donors (Lipinski definition) is 1. The highest BCUT2D eigenvalue weighted by Gasteiger charge is 2.10. The molecule has 1 amide bonds. The summed E-state index contributed by atoms with van der Waals surface area (Å²) in [6, 6.07) is 11.9. The number of halogens is 1. The Balaban J connectivity index is 1.88. The van der Waals surface area contributed by atoms with E-state index in [0.717, 1.165) is 21.6 Å². The van der Waals surface area contributed by atoms with Gasteiger partial charge in [-0.2, -0.15) is 0 Å². The van der Waals surface area contributed by atoms with E-state index in [4.69, 9.17) is 4.42 Å². The highest BCUT2D eigenvalue weighted by molar-refractivity contribution is 9.10. The number of nitrogens with zero attached hydrogens (tertiary/aromatic N) is 1. The van der Waals surface area contributed by atoms with E-state index in [0.29, 0.717) is 25.6 Å². The molecule has 1 aromatic carbocycles. The first-order chi connectivity index (χ1) is 10.9. The van der Waals surface area contributed by atoms with Crippen LogP contribution in [0, 0.1) is 5.92 Å². The van der Waals surface area contributed by atoms with Crippen LogP contribution in [0.1, 0.15) is 19.6 Å². The lowest BCUT2D eigenvalue weighted by molar-refractivity contribution is -0.122. The molecule has 0 aliphatic carbocycles. The van der Waals surface area contributed by atoms with Gasteiger partial charge in [-0.05, 0) is 37.2 Å². The predicted molar refractivity (Wildman–Crippen MR) is 96.0 cm³/mol. The summed E-state index contributed by atoms with van der Waals surface area (Å²) in [6.45, 7) is 5.83. The largest absolute Gasteiger partial charge is 0.460 e. The summed E-state index contributed by atoms with van der Waals surface area (Å²) in [6.07, 6.45) is 0. The first kappa shape index (κ1) is 17.8. The van der Waals surface area contributed by atoms with Gasteiger partial charge in [0.1, 0.15) is 11.5 Å². The van der Waals surface area contributed by atoms with Crippen molar-refractivity contribution in [2.24, 2.45) is 5.92 Å². The molecule has 0 bridgehead atoms. The minimum Gasteiger partial charge on any atom is -0.460 e. The topological polar surface area (TPSA) is 45.5 Å². The number of hydrogen-bond acceptors (Lipinski definition) is 3. The minimum absolute atomic E-state index is 0.0425. The van der Waals surface area contributed by atoms with Crippen molar-refractivity contribution in [3.05, 3.63) is 46.6 Å². The second-order valence-electron chi connectivity index (χ2n) is 6.14. The van der Waals surface area contributed by atoms with Crippen molar-refractivity contribution in [3.8, 4) is 11.3 Å². The molecule has 23 heavy (non-hydrogen) atoms. The average Bonchev–Trinajstić information content (AvgIpc) is 2.94. The summed E-state index contributed by atoms with van der Waals surface area (Å²) in [5.41, 5.74) is 1.04. The van der Waals surface area contributed by atoms with Gasteiger partial charge in [-0.15, -0.1) is 0 Å². The Bertz CT molecular complexity index is 635. The van der Waals surface area contributed by atoms with Gasteiger partial charge in [0, 0.05) is 16.6 Å². The van der Waals surface area contributed by atoms with Gasteiger partial charge in [0.25, 0.3) is 0 Å². The lowest BCUT2D eigenvalue weighted by Crippen LogP contribution is -2.36. The van der Waals surface area contributed by atoms with Gasteiger partial charge in [-0.25, -0.2) is 0 Å². The van der Waals surface area contributed by atoms with Gasteiger partial charge in [0.2, 0.25) is 5.91 Å². The van der Waals surface area contributed by atoms with E-state index >= 15 is 0 Å². The Kier molecular flexibility index (Phi) is 6.42. The number of amides is 1. The Morgan fingerprint density at radius 2 is 1.91 bits per heavy atom. The summed E-state index contributed by atoms with van der Waals surface area (Å²) >= 11 is 3.43. The number of furan rings is 1. The zero-order valence-corrected chi connectivity index (χ0v) is 15.4. The average molecular weight is 379 g/mol. The Labute approximate surface area is 146 Å². The van der Waals surface area contributed by atoms with E-state index in [9.17, 15) is 4.79 Å². The molecule has 0 saturated heterocycles. The van der Waals surface area contributed by atoms with Crippen molar-refractivity contribution < 1.29 is 9.21 Å². The summed E-state index contributed by atoms with van der Waals surface area (Å²) in [7, 11) is 1.91. The third kappa shape index (κ3) is 5.84. The SMILES string of the molecule is CC(C)CNC(=O)CN(C)Cc1ccc(-c2ccc(Br)cc2)o1. The molecule has 0 aliphatic rings. The summed E-state index contributed by atoms with van der Waals surface area (Å²) in [4.78, 5) is 13.8. The molecule has 0 radical (unpaired) electrons. The molecule has 0 fully saturated rings. The van der Waals surface area contributed by atoms with Crippen LogP contribution in [0.25, 0.3) is 11.3 Å². The number of rotatable bonds is 7. The summed E-state index contributed by atoms with van der Waals surface area (Å²) < 4.78 is 6.91. The van der Waals surface area contributed by atoms with Crippen molar-refractivity contribution in [1.29, 1.82) is 0 Å². The number of benzene rings is 1. The van der Waals surface area contributed by atoms with E-state index in [-0.39, 0.29) is 5.91 Å². The molecule has 0 spiro atoms. The van der Waals surface area contributed by atoms with E-state index in [2.05, 4.69) is 35.1 Å². The van der Waals surface area contributed by atoms with Crippen LogP contribution in [-0.4, -0.2) is 30.9 Å². The molecular formula is C18H23BrN2O2. The monoisotopic (exact) mass is 378 g/mol. The van der Waals surface area contributed by atoms with E-state index in [1.807, 2.05) is 48.3 Å². The molecule has 4 nitrogen and oxygen atoms in total. The highest BCUT2D eigenvalue weighted by atomic mass is 79.9. The molecule has 1 aromatic heterocycles. The van der Waals surface area contributed by atoms with Crippen LogP contribution in [0.3, 0.4) is 0 Å². The third-order valence-corrected chi connectivity index (χ3v) is 3.87. The van der Waals surface area contributed by atoms with Crippen LogP contribution < -0.4 is 5.32 Å². The van der Waals surface area contributed by atoms with Gasteiger partial charge in [-0.3, -0.25) is 9.69 Å². The standard InChI is InChI=1S/C18H23BrN2O2/c1-13(2)10-20-18(22)12-21(3)11-16-8-9-17(23-16)14-4-6-15(19)7-5-14/h4-9,13H,10-12H2,1-3H3,(H,20,22).